The maximum atomic E-state index is 8.88. The molecule has 0 amide bonds. The van der Waals surface area contributed by atoms with Gasteiger partial charge in [-0.3, -0.25) is 0 Å². The van der Waals surface area contributed by atoms with Crippen molar-refractivity contribution < 1.29 is 5.11 Å². The summed E-state index contributed by atoms with van der Waals surface area (Å²) in [6.07, 6.45) is 0.695. The Kier molecular flexibility index (Phi) is 2.82. The van der Waals surface area contributed by atoms with E-state index in [0.29, 0.717) is 6.42 Å². The maximum absolute atomic E-state index is 8.88. The summed E-state index contributed by atoms with van der Waals surface area (Å²) in [5.41, 5.74) is 4.23. The molecule has 2 N–H and O–H groups in total. The molecule has 90 valence electrons. The fraction of sp³-hybridized carbons (Fsp3) is 0.133. The number of aliphatic hydroxyl groups excluding tert-OH is 1. The second-order valence-electron chi connectivity index (χ2n) is 4.27. The number of hydrogen-bond acceptors (Lipinski definition) is 2. The number of para-hydroxylation sites is 2. The minimum Gasteiger partial charge on any atom is -0.396 e. The minimum atomic E-state index is 0.185. The van der Waals surface area contributed by atoms with Crippen molar-refractivity contribution in [3.05, 3.63) is 54.1 Å². The second kappa shape index (κ2) is 4.63. The standard InChI is InChI=1S/C15H14N2O/c18-10-9-11-5-7-12(8-6-11)15-16-13-3-1-2-4-14(13)17-15/h1-8,18H,9-10H2,(H,16,17). The molecule has 18 heavy (non-hydrogen) atoms. The van der Waals surface area contributed by atoms with E-state index in [1.165, 1.54) is 0 Å². The molecule has 3 rings (SSSR count). The summed E-state index contributed by atoms with van der Waals surface area (Å²) in [6.45, 7) is 0.185. The Balaban J connectivity index is 1.98. The number of aliphatic hydroxyl groups is 1. The van der Waals surface area contributed by atoms with Crippen LogP contribution in [0.5, 0.6) is 0 Å². The molecule has 0 saturated carbocycles. The normalized spacial score (nSPS) is 10.9. The van der Waals surface area contributed by atoms with Gasteiger partial charge in [-0.05, 0) is 24.1 Å². The van der Waals surface area contributed by atoms with Gasteiger partial charge in [0, 0.05) is 12.2 Å². The molecule has 3 aromatic rings. The van der Waals surface area contributed by atoms with Crippen LogP contribution in [0, 0.1) is 0 Å². The lowest BCUT2D eigenvalue weighted by molar-refractivity contribution is 0.299. The monoisotopic (exact) mass is 238 g/mol. The first-order valence-electron chi connectivity index (χ1n) is 6.02. The molecule has 0 bridgehead atoms. The van der Waals surface area contributed by atoms with Crippen molar-refractivity contribution in [1.29, 1.82) is 0 Å². The van der Waals surface area contributed by atoms with Crippen molar-refractivity contribution in [3.63, 3.8) is 0 Å². The van der Waals surface area contributed by atoms with E-state index in [1.54, 1.807) is 0 Å². The van der Waals surface area contributed by atoms with E-state index in [0.717, 1.165) is 28.0 Å². The fourth-order valence-electron chi connectivity index (χ4n) is 2.05. The molecule has 3 heteroatoms. The molecule has 0 aliphatic carbocycles. The van der Waals surface area contributed by atoms with Gasteiger partial charge in [-0.25, -0.2) is 4.98 Å². The Morgan fingerprint density at radius 1 is 1.00 bits per heavy atom. The summed E-state index contributed by atoms with van der Waals surface area (Å²) >= 11 is 0. The number of nitrogens with zero attached hydrogens (tertiary/aromatic N) is 1. The molecule has 0 saturated heterocycles. The van der Waals surface area contributed by atoms with Gasteiger partial charge in [0.15, 0.2) is 0 Å². The predicted octanol–water partition coefficient (Wildman–Crippen LogP) is 2.76. The number of hydrogen-bond donors (Lipinski definition) is 2. The number of aromatic amines is 1. The van der Waals surface area contributed by atoms with E-state index >= 15 is 0 Å². The first-order chi connectivity index (χ1) is 8.86. The lowest BCUT2D eigenvalue weighted by atomic mass is 10.1. The molecule has 0 atom stereocenters. The molecule has 0 spiro atoms. The summed E-state index contributed by atoms with van der Waals surface area (Å²) in [4.78, 5) is 7.86. The Bertz CT molecular complexity index is 623. The lowest BCUT2D eigenvalue weighted by Crippen LogP contribution is -1.90. The molecular weight excluding hydrogens is 224 g/mol. The van der Waals surface area contributed by atoms with Crippen LogP contribution in [0.3, 0.4) is 0 Å². The number of imidazole rings is 1. The number of H-pyrrole nitrogens is 1. The molecule has 0 fully saturated rings. The van der Waals surface area contributed by atoms with E-state index in [9.17, 15) is 0 Å². The van der Waals surface area contributed by atoms with Crippen molar-refractivity contribution >= 4 is 11.0 Å². The minimum absolute atomic E-state index is 0.185. The molecule has 0 aliphatic heterocycles. The Morgan fingerprint density at radius 2 is 1.78 bits per heavy atom. The number of aromatic nitrogens is 2. The van der Waals surface area contributed by atoms with Crippen molar-refractivity contribution in [2.24, 2.45) is 0 Å². The largest absolute Gasteiger partial charge is 0.396 e. The van der Waals surface area contributed by atoms with Crippen LogP contribution >= 0.6 is 0 Å². The quantitative estimate of drug-likeness (QED) is 0.737. The molecule has 0 aliphatic rings. The molecule has 0 unspecified atom stereocenters. The van der Waals surface area contributed by atoms with Crippen LogP contribution in [0.2, 0.25) is 0 Å². The van der Waals surface area contributed by atoms with Crippen LogP contribution in [0.25, 0.3) is 22.4 Å². The van der Waals surface area contributed by atoms with Crippen molar-refractivity contribution in [3.8, 4) is 11.4 Å². The average Bonchev–Trinajstić information content (AvgIpc) is 2.84. The van der Waals surface area contributed by atoms with Crippen LogP contribution in [0.4, 0.5) is 0 Å². The van der Waals surface area contributed by atoms with Gasteiger partial charge < -0.3 is 10.1 Å². The van der Waals surface area contributed by atoms with E-state index in [-0.39, 0.29) is 6.61 Å². The smallest absolute Gasteiger partial charge is 0.138 e. The Labute approximate surface area is 105 Å². The maximum Gasteiger partial charge on any atom is 0.138 e. The summed E-state index contributed by atoms with van der Waals surface area (Å²) in [5.74, 6) is 0.881. The van der Waals surface area contributed by atoms with Crippen LogP contribution in [0.1, 0.15) is 5.56 Å². The van der Waals surface area contributed by atoms with Gasteiger partial charge in [0.05, 0.1) is 11.0 Å². The molecule has 2 aromatic carbocycles. The van der Waals surface area contributed by atoms with E-state index in [2.05, 4.69) is 9.97 Å². The van der Waals surface area contributed by atoms with Crippen LogP contribution in [-0.4, -0.2) is 21.7 Å². The van der Waals surface area contributed by atoms with Crippen molar-refractivity contribution in [1.82, 2.24) is 9.97 Å². The third-order valence-corrected chi connectivity index (χ3v) is 3.02. The van der Waals surface area contributed by atoms with Crippen LogP contribution in [-0.2, 0) is 6.42 Å². The second-order valence-corrected chi connectivity index (χ2v) is 4.27. The van der Waals surface area contributed by atoms with Gasteiger partial charge in [-0.1, -0.05) is 36.4 Å². The molecule has 1 heterocycles. The van der Waals surface area contributed by atoms with Crippen molar-refractivity contribution in [2.45, 2.75) is 6.42 Å². The van der Waals surface area contributed by atoms with Crippen LogP contribution in [0.15, 0.2) is 48.5 Å². The third kappa shape index (κ3) is 2.00. The van der Waals surface area contributed by atoms with E-state index < -0.39 is 0 Å². The molecule has 3 nitrogen and oxygen atoms in total. The van der Waals surface area contributed by atoms with Crippen molar-refractivity contribution in [2.75, 3.05) is 6.61 Å². The highest BCUT2D eigenvalue weighted by molar-refractivity contribution is 5.79. The van der Waals surface area contributed by atoms with Gasteiger partial charge >= 0.3 is 0 Å². The highest BCUT2D eigenvalue weighted by Gasteiger charge is 2.04. The highest BCUT2D eigenvalue weighted by atomic mass is 16.2. The summed E-state index contributed by atoms with van der Waals surface area (Å²) < 4.78 is 0. The van der Waals surface area contributed by atoms with E-state index in [4.69, 9.17) is 5.11 Å². The zero-order valence-electron chi connectivity index (χ0n) is 9.93. The lowest BCUT2D eigenvalue weighted by Gasteiger charge is -2.00. The molecular formula is C15H14N2O. The number of nitrogens with one attached hydrogen (secondary N) is 1. The summed E-state index contributed by atoms with van der Waals surface area (Å²) in [5, 5.41) is 8.88. The Hall–Kier alpha value is -2.13. The number of rotatable bonds is 3. The zero-order chi connectivity index (χ0) is 12.4. The summed E-state index contributed by atoms with van der Waals surface area (Å²) in [6, 6.07) is 16.1. The van der Waals surface area contributed by atoms with Gasteiger partial charge in [-0.15, -0.1) is 0 Å². The fourth-order valence-corrected chi connectivity index (χ4v) is 2.05. The third-order valence-electron chi connectivity index (χ3n) is 3.02. The molecule has 1 aromatic heterocycles. The predicted molar refractivity (Wildman–Crippen MR) is 72.3 cm³/mol. The number of fused-ring (bicyclic) bond motifs is 1. The zero-order valence-corrected chi connectivity index (χ0v) is 9.93. The van der Waals surface area contributed by atoms with Gasteiger partial charge in [0.2, 0.25) is 0 Å². The summed E-state index contributed by atoms with van der Waals surface area (Å²) in [7, 11) is 0. The highest BCUT2D eigenvalue weighted by Crippen LogP contribution is 2.20. The SMILES string of the molecule is OCCc1ccc(-c2nc3ccccc3[nH]2)cc1. The van der Waals surface area contributed by atoms with E-state index in [1.807, 2.05) is 48.5 Å². The first-order valence-corrected chi connectivity index (χ1v) is 6.02. The Morgan fingerprint density at radius 3 is 2.50 bits per heavy atom. The molecule has 0 radical (unpaired) electrons. The van der Waals surface area contributed by atoms with Crippen LogP contribution < -0.4 is 0 Å². The van der Waals surface area contributed by atoms with Gasteiger partial charge in [-0.2, -0.15) is 0 Å². The number of benzene rings is 2. The first kappa shape index (κ1) is 11.0. The van der Waals surface area contributed by atoms with Gasteiger partial charge in [0.25, 0.3) is 0 Å². The topological polar surface area (TPSA) is 48.9 Å². The average molecular weight is 238 g/mol. The van der Waals surface area contributed by atoms with Gasteiger partial charge in [0.1, 0.15) is 5.82 Å².